The van der Waals surface area contributed by atoms with Gasteiger partial charge in [-0.15, -0.1) is 0 Å². The maximum absolute atomic E-state index is 13.7. The molecule has 0 bridgehead atoms. The Labute approximate surface area is 94.9 Å². The molecule has 1 aromatic rings. The van der Waals surface area contributed by atoms with Crippen LogP contribution in [0, 0.1) is 11.6 Å². The second-order valence-corrected chi connectivity index (χ2v) is 4.71. The van der Waals surface area contributed by atoms with Crippen molar-refractivity contribution in [1.29, 1.82) is 0 Å². The van der Waals surface area contributed by atoms with E-state index < -0.39 is 11.6 Å². The van der Waals surface area contributed by atoms with E-state index in [4.69, 9.17) is 0 Å². The Bertz CT molecular complexity index is 382. The highest BCUT2D eigenvalue weighted by molar-refractivity contribution is 5.31. The molecule has 1 heterocycles. The summed E-state index contributed by atoms with van der Waals surface area (Å²) in [5.41, 5.74) is 1.35. The zero-order chi connectivity index (χ0) is 11.7. The second kappa shape index (κ2) is 4.50. The summed E-state index contributed by atoms with van der Waals surface area (Å²) in [6.07, 6.45) is 1.91. The van der Waals surface area contributed by atoms with Crippen LogP contribution in [0.25, 0.3) is 0 Å². The summed E-state index contributed by atoms with van der Waals surface area (Å²) in [6, 6.07) is 3.08. The summed E-state index contributed by atoms with van der Waals surface area (Å²) in [6.45, 7) is 4.86. The fourth-order valence-corrected chi connectivity index (χ4v) is 2.17. The predicted molar refractivity (Wildman–Crippen MR) is 60.4 cm³/mol. The molecule has 1 aromatic carbocycles. The van der Waals surface area contributed by atoms with Gasteiger partial charge in [-0.05, 0) is 36.9 Å². The Morgan fingerprint density at radius 3 is 2.62 bits per heavy atom. The lowest BCUT2D eigenvalue weighted by Crippen LogP contribution is -2.15. The Morgan fingerprint density at radius 2 is 2.06 bits per heavy atom. The predicted octanol–water partition coefficient (Wildman–Crippen LogP) is 3.51. The number of rotatable bonds is 2. The van der Waals surface area contributed by atoms with Gasteiger partial charge in [-0.25, -0.2) is 8.78 Å². The molecule has 0 amide bonds. The van der Waals surface area contributed by atoms with E-state index in [9.17, 15) is 8.78 Å². The van der Waals surface area contributed by atoms with E-state index in [0.717, 1.165) is 24.9 Å². The Kier molecular flexibility index (Phi) is 3.24. The van der Waals surface area contributed by atoms with Gasteiger partial charge in [-0.1, -0.05) is 19.9 Å². The molecule has 1 aliphatic rings. The average molecular weight is 225 g/mol. The maximum atomic E-state index is 13.7. The highest BCUT2D eigenvalue weighted by Crippen LogP contribution is 2.29. The molecular formula is C13H17F2N. The molecule has 0 saturated carbocycles. The summed E-state index contributed by atoms with van der Waals surface area (Å²) >= 11 is 0. The van der Waals surface area contributed by atoms with Crippen LogP contribution in [0.5, 0.6) is 0 Å². The van der Waals surface area contributed by atoms with Gasteiger partial charge < -0.3 is 5.32 Å². The van der Waals surface area contributed by atoms with Gasteiger partial charge in [-0.2, -0.15) is 0 Å². The largest absolute Gasteiger partial charge is 0.310 e. The minimum absolute atomic E-state index is 0.0202. The molecule has 0 spiro atoms. The third-order valence-electron chi connectivity index (χ3n) is 3.18. The molecule has 16 heavy (non-hydrogen) atoms. The average Bonchev–Trinajstić information content (AvgIpc) is 2.74. The van der Waals surface area contributed by atoms with E-state index >= 15 is 0 Å². The minimum atomic E-state index is -0.727. The number of hydrogen-bond donors (Lipinski definition) is 1. The first-order valence-corrected chi connectivity index (χ1v) is 5.82. The smallest absolute Gasteiger partial charge is 0.163 e. The molecule has 1 aliphatic heterocycles. The van der Waals surface area contributed by atoms with Gasteiger partial charge in [0.15, 0.2) is 11.6 Å². The van der Waals surface area contributed by atoms with Crippen molar-refractivity contribution in [2.75, 3.05) is 6.54 Å². The first-order valence-electron chi connectivity index (χ1n) is 5.82. The van der Waals surface area contributed by atoms with Gasteiger partial charge in [-0.3, -0.25) is 0 Å². The zero-order valence-corrected chi connectivity index (χ0v) is 9.69. The second-order valence-electron chi connectivity index (χ2n) is 4.71. The normalized spacial score (nSPS) is 20.7. The topological polar surface area (TPSA) is 12.0 Å². The first-order chi connectivity index (χ1) is 7.59. The zero-order valence-electron chi connectivity index (χ0n) is 9.69. The Hall–Kier alpha value is -0.960. The lowest BCUT2D eigenvalue weighted by molar-refractivity contribution is 0.478. The van der Waals surface area contributed by atoms with Crippen LogP contribution in [0.2, 0.25) is 0 Å². The first kappa shape index (κ1) is 11.5. The fourth-order valence-electron chi connectivity index (χ4n) is 2.17. The van der Waals surface area contributed by atoms with Crippen molar-refractivity contribution in [1.82, 2.24) is 5.32 Å². The molecule has 2 rings (SSSR count). The van der Waals surface area contributed by atoms with Crippen LogP contribution < -0.4 is 5.32 Å². The molecule has 0 aromatic heterocycles. The summed E-state index contributed by atoms with van der Waals surface area (Å²) in [4.78, 5) is 0. The molecule has 1 nitrogen and oxygen atoms in total. The van der Waals surface area contributed by atoms with E-state index in [2.05, 4.69) is 5.32 Å². The molecule has 3 heteroatoms. The quantitative estimate of drug-likeness (QED) is 0.812. The van der Waals surface area contributed by atoms with Crippen molar-refractivity contribution in [3.8, 4) is 0 Å². The highest BCUT2D eigenvalue weighted by Gasteiger charge is 2.22. The summed E-state index contributed by atoms with van der Waals surface area (Å²) in [5.74, 6) is -1.20. The van der Waals surface area contributed by atoms with Crippen molar-refractivity contribution in [2.45, 2.75) is 38.6 Å². The van der Waals surface area contributed by atoms with Crippen LogP contribution in [0.15, 0.2) is 12.1 Å². The van der Waals surface area contributed by atoms with Gasteiger partial charge >= 0.3 is 0 Å². The van der Waals surface area contributed by atoms with E-state index in [-0.39, 0.29) is 12.0 Å². The van der Waals surface area contributed by atoms with Gasteiger partial charge in [0.1, 0.15) is 0 Å². The summed E-state index contributed by atoms with van der Waals surface area (Å²) in [7, 11) is 0. The minimum Gasteiger partial charge on any atom is -0.310 e. The van der Waals surface area contributed by atoms with E-state index in [1.165, 1.54) is 6.07 Å². The van der Waals surface area contributed by atoms with E-state index in [0.29, 0.717) is 5.56 Å². The van der Waals surface area contributed by atoms with Crippen LogP contribution >= 0.6 is 0 Å². The monoisotopic (exact) mass is 225 g/mol. The number of benzene rings is 1. The molecule has 1 N–H and O–H groups in total. The third-order valence-corrected chi connectivity index (χ3v) is 3.18. The van der Waals surface area contributed by atoms with Crippen LogP contribution in [-0.2, 0) is 0 Å². The molecule has 0 radical (unpaired) electrons. The van der Waals surface area contributed by atoms with Crippen LogP contribution in [0.1, 0.15) is 49.8 Å². The molecule has 0 aliphatic carbocycles. The molecule has 1 atom stereocenters. The lowest BCUT2D eigenvalue weighted by atomic mass is 9.96. The highest BCUT2D eigenvalue weighted by atomic mass is 19.2. The fraction of sp³-hybridized carbons (Fsp3) is 0.538. The number of nitrogens with one attached hydrogen (secondary N) is 1. The van der Waals surface area contributed by atoms with Gasteiger partial charge in [0.2, 0.25) is 0 Å². The van der Waals surface area contributed by atoms with Gasteiger partial charge in [0, 0.05) is 11.6 Å². The van der Waals surface area contributed by atoms with Crippen molar-refractivity contribution in [3.05, 3.63) is 34.9 Å². The SMILES string of the molecule is CC(C)c1cc(F)c(F)c(C2CCCN2)c1. The van der Waals surface area contributed by atoms with E-state index in [1.807, 2.05) is 13.8 Å². The molecule has 88 valence electrons. The van der Waals surface area contributed by atoms with Crippen LogP contribution in [-0.4, -0.2) is 6.54 Å². The van der Waals surface area contributed by atoms with E-state index in [1.54, 1.807) is 6.07 Å². The summed E-state index contributed by atoms with van der Waals surface area (Å²) in [5, 5.41) is 3.20. The number of halogens is 2. The van der Waals surface area contributed by atoms with Crippen molar-refractivity contribution in [3.63, 3.8) is 0 Å². The molecular weight excluding hydrogens is 208 g/mol. The molecule has 1 unspecified atom stereocenters. The van der Waals surface area contributed by atoms with Crippen molar-refractivity contribution >= 4 is 0 Å². The number of hydrogen-bond acceptors (Lipinski definition) is 1. The standard InChI is InChI=1S/C13H17F2N/c1-8(2)9-6-10(12-4-3-5-16-12)13(15)11(14)7-9/h6-8,12,16H,3-5H2,1-2H3. The lowest BCUT2D eigenvalue weighted by Gasteiger charge is -2.15. The third kappa shape index (κ3) is 2.09. The maximum Gasteiger partial charge on any atom is 0.163 e. The molecule has 1 fully saturated rings. The Morgan fingerprint density at radius 1 is 1.31 bits per heavy atom. The van der Waals surface area contributed by atoms with Gasteiger partial charge in [0.05, 0.1) is 0 Å². The Balaban J connectivity index is 2.41. The molecule has 1 saturated heterocycles. The van der Waals surface area contributed by atoms with Crippen LogP contribution in [0.3, 0.4) is 0 Å². The summed E-state index contributed by atoms with van der Waals surface area (Å²) < 4.78 is 27.1. The van der Waals surface area contributed by atoms with Gasteiger partial charge in [0.25, 0.3) is 0 Å². The van der Waals surface area contributed by atoms with Crippen LogP contribution in [0.4, 0.5) is 8.78 Å². The van der Waals surface area contributed by atoms with Crippen molar-refractivity contribution < 1.29 is 8.78 Å². The van der Waals surface area contributed by atoms with Crippen molar-refractivity contribution in [2.24, 2.45) is 0 Å².